The standard InChI is InChI=1S/C29H34/c1-2-4-14(5-3-1)6-15-7-18-11-21(15)28-23-13-24(26(18)28)29-22-12-19(27(23)29)9-16-8-17-10-20(16)25(17)22/h1-5,10,15-19,21-29H,6-9,11-13H2. The Labute approximate surface area is 175 Å². The molecule has 0 aromatic heterocycles. The summed E-state index contributed by atoms with van der Waals surface area (Å²) in [5.41, 5.74) is 3.59. The normalized spacial score (nSPS) is 61.3. The van der Waals surface area contributed by atoms with Crippen LogP contribution in [0.15, 0.2) is 42.0 Å². The maximum atomic E-state index is 2.73. The molecule has 1 aromatic rings. The van der Waals surface area contributed by atoms with Crippen LogP contribution in [0.4, 0.5) is 0 Å². The Kier molecular flexibility index (Phi) is 2.74. The van der Waals surface area contributed by atoms with Gasteiger partial charge in [0, 0.05) is 0 Å². The molecule has 10 bridgehead atoms. The van der Waals surface area contributed by atoms with E-state index in [4.69, 9.17) is 0 Å². The van der Waals surface area contributed by atoms with Crippen LogP contribution in [0.5, 0.6) is 0 Å². The molecule has 0 aliphatic heterocycles. The number of hydrogen-bond acceptors (Lipinski definition) is 0. The van der Waals surface area contributed by atoms with E-state index in [9.17, 15) is 0 Å². The minimum absolute atomic E-state index is 1.01. The van der Waals surface area contributed by atoms with Crippen molar-refractivity contribution in [2.75, 3.05) is 0 Å². The number of fused-ring (bicyclic) bond motifs is 16. The van der Waals surface area contributed by atoms with Gasteiger partial charge < -0.3 is 0 Å². The van der Waals surface area contributed by atoms with Gasteiger partial charge in [-0.1, -0.05) is 42.0 Å². The van der Waals surface area contributed by atoms with Gasteiger partial charge in [-0.2, -0.15) is 0 Å². The average Bonchev–Trinajstić information content (AvgIpc) is 3.51. The van der Waals surface area contributed by atoms with Crippen LogP contribution in [-0.4, -0.2) is 0 Å². The highest BCUT2D eigenvalue weighted by molar-refractivity contribution is 5.36. The van der Waals surface area contributed by atoms with E-state index in [1.807, 2.05) is 5.57 Å². The zero-order chi connectivity index (χ0) is 18.4. The summed E-state index contributed by atoms with van der Waals surface area (Å²) in [6, 6.07) is 11.5. The summed E-state index contributed by atoms with van der Waals surface area (Å²) < 4.78 is 0. The third kappa shape index (κ3) is 1.72. The third-order valence-corrected chi connectivity index (χ3v) is 12.5. The molecule has 14 atom stereocenters. The Hall–Kier alpha value is -1.04. The molecular formula is C29H34. The van der Waals surface area contributed by atoms with Crippen LogP contribution in [0.1, 0.15) is 44.1 Å². The lowest BCUT2D eigenvalue weighted by Gasteiger charge is -2.48. The average molecular weight is 383 g/mol. The van der Waals surface area contributed by atoms with Gasteiger partial charge in [0.25, 0.3) is 0 Å². The highest BCUT2D eigenvalue weighted by Crippen LogP contribution is 2.79. The molecule has 0 spiro atoms. The topological polar surface area (TPSA) is 0 Å². The molecule has 0 amide bonds. The molecule has 7 fully saturated rings. The molecular weight excluding hydrogens is 348 g/mol. The maximum Gasteiger partial charge on any atom is -0.0106 e. The van der Waals surface area contributed by atoms with E-state index in [0.29, 0.717) is 0 Å². The fourth-order valence-electron chi connectivity index (χ4n) is 12.4. The lowest BCUT2D eigenvalue weighted by atomic mass is 9.57. The molecule has 9 aliphatic carbocycles. The fourth-order valence-corrected chi connectivity index (χ4v) is 12.4. The first kappa shape index (κ1) is 15.7. The fraction of sp³-hybridized carbons (Fsp3) is 0.724. The smallest absolute Gasteiger partial charge is 0.0106 e. The van der Waals surface area contributed by atoms with Crippen molar-refractivity contribution in [1.82, 2.24) is 0 Å². The first-order valence-electron chi connectivity index (χ1n) is 13.1. The van der Waals surface area contributed by atoms with Crippen LogP contribution in [0.25, 0.3) is 0 Å². The van der Waals surface area contributed by atoms with Crippen LogP contribution < -0.4 is 0 Å². The van der Waals surface area contributed by atoms with Gasteiger partial charge in [-0.25, -0.2) is 0 Å². The van der Waals surface area contributed by atoms with E-state index in [1.54, 1.807) is 44.1 Å². The van der Waals surface area contributed by atoms with Crippen LogP contribution in [0.3, 0.4) is 0 Å². The number of allylic oxidation sites excluding steroid dienone is 2. The molecule has 150 valence electrons. The summed E-state index contributed by atoms with van der Waals surface area (Å²) in [5, 5.41) is 0. The highest BCUT2D eigenvalue weighted by Gasteiger charge is 2.72. The van der Waals surface area contributed by atoms with Crippen LogP contribution in [0.2, 0.25) is 0 Å². The Morgan fingerprint density at radius 1 is 0.655 bits per heavy atom. The lowest BCUT2D eigenvalue weighted by Crippen LogP contribution is -2.43. The number of hydrogen-bond donors (Lipinski definition) is 0. The van der Waals surface area contributed by atoms with Gasteiger partial charge in [0.15, 0.2) is 0 Å². The Morgan fingerprint density at radius 3 is 2.28 bits per heavy atom. The van der Waals surface area contributed by atoms with Crippen molar-refractivity contribution in [2.45, 2.75) is 44.9 Å². The van der Waals surface area contributed by atoms with Crippen LogP contribution in [-0.2, 0) is 6.42 Å². The largest absolute Gasteiger partial charge is 0.0810 e. The van der Waals surface area contributed by atoms with Crippen molar-refractivity contribution in [3.05, 3.63) is 47.5 Å². The quantitative estimate of drug-likeness (QED) is 0.420. The molecule has 0 radical (unpaired) electrons. The molecule has 0 heterocycles. The Morgan fingerprint density at radius 2 is 1.41 bits per heavy atom. The molecule has 1 aromatic carbocycles. The molecule has 7 saturated carbocycles. The van der Waals surface area contributed by atoms with Gasteiger partial charge in [-0.3, -0.25) is 0 Å². The minimum Gasteiger partial charge on any atom is -0.0810 e. The zero-order valence-electron chi connectivity index (χ0n) is 17.5. The Bertz CT molecular complexity index is 911. The zero-order valence-corrected chi connectivity index (χ0v) is 17.5. The summed E-state index contributed by atoms with van der Waals surface area (Å²) in [5.74, 6) is 15.6. The van der Waals surface area contributed by atoms with E-state index in [2.05, 4.69) is 36.4 Å². The van der Waals surface area contributed by atoms with Crippen molar-refractivity contribution in [3.8, 4) is 0 Å². The summed E-state index contributed by atoms with van der Waals surface area (Å²) in [7, 11) is 0. The van der Waals surface area contributed by atoms with Gasteiger partial charge in [-0.15, -0.1) is 0 Å². The molecule has 14 unspecified atom stereocenters. The molecule has 0 nitrogen and oxygen atoms in total. The van der Waals surface area contributed by atoms with E-state index in [1.165, 1.54) is 24.2 Å². The SMILES string of the molecule is C1=C2C3CC1C2C1CC(C3)C2C3CC(C4C5CC(Cc6ccccc6)C(C5)C34)C12. The Balaban J connectivity index is 1.05. The van der Waals surface area contributed by atoms with E-state index < -0.39 is 0 Å². The monoisotopic (exact) mass is 382 g/mol. The first-order chi connectivity index (χ1) is 14.3. The molecule has 0 heteroatoms. The highest BCUT2D eigenvalue weighted by atomic mass is 14.8. The second-order valence-corrected chi connectivity index (χ2v) is 12.9. The molecule has 0 N–H and O–H groups in total. The van der Waals surface area contributed by atoms with Crippen molar-refractivity contribution >= 4 is 0 Å². The summed E-state index contributed by atoms with van der Waals surface area (Å²) in [6.45, 7) is 0. The van der Waals surface area contributed by atoms with Crippen molar-refractivity contribution < 1.29 is 0 Å². The van der Waals surface area contributed by atoms with Crippen LogP contribution >= 0.6 is 0 Å². The lowest BCUT2D eigenvalue weighted by molar-refractivity contribution is 0.0124. The van der Waals surface area contributed by atoms with Crippen LogP contribution in [0, 0.1) is 82.9 Å². The van der Waals surface area contributed by atoms with Gasteiger partial charge in [-0.05, 0) is 133 Å². The van der Waals surface area contributed by atoms with Gasteiger partial charge in [0.05, 0.1) is 0 Å². The second-order valence-electron chi connectivity index (χ2n) is 12.9. The molecule has 29 heavy (non-hydrogen) atoms. The first-order valence-corrected chi connectivity index (χ1v) is 13.1. The molecule has 0 saturated heterocycles. The molecule has 10 rings (SSSR count). The summed E-state index contributed by atoms with van der Waals surface area (Å²) >= 11 is 0. The van der Waals surface area contributed by atoms with E-state index in [0.717, 1.165) is 65.1 Å². The van der Waals surface area contributed by atoms with Gasteiger partial charge in [0.2, 0.25) is 0 Å². The summed E-state index contributed by atoms with van der Waals surface area (Å²) in [6.07, 6.45) is 13.8. The second kappa shape index (κ2) is 5.05. The predicted molar refractivity (Wildman–Crippen MR) is 115 cm³/mol. The van der Waals surface area contributed by atoms with Crippen molar-refractivity contribution in [1.29, 1.82) is 0 Å². The number of rotatable bonds is 2. The summed E-state index contributed by atoms with van der Waals surface area (Å²) in [4.78, 5) is 0. The number of benzene rings is 1. The van der Waals surface area contributed by atoms with E-state index in [-0.39, 0.29) is 0 Å². The van der Waals surface area contributed by atoms with Gasteiger partial charge >= 0.3 is 0 Å². The van der Waals surface area contributed by atoms with Crippen molar-refractivity contribution in [3.63, 3.8) is 0 Å². The molecule has 9 aliphatic rings. The minimum atomic E-state index is 1.01. The predicted octanol–water partition coefficient (Wildman–Crippen LogP) is 6.23. The van der Waals surface area contributed by atoms with Gasteiger partial charge in [0.1, 0.15) is 0 Å². The van der Waals surface area contributed by atoms with E-state index >= 15 is 0 Å². The van der Waals surface area contributed by atoms with Crippen molar-refractivity contribution in [2.24, 2.45) is 82.9 Å². The third-order valence-electron chi connectivity index (χ3n) is 12.5. The maximum absolute atomic E-state index is 2.73.